The van der Waals surface area contributed by atoms with Crippen LogP contribution in [0.4, 0.5) is 0 Å². The Bertz CT molecular complexity index is 1150. The molecule has 27 heavy (non-hydrogen) atoms. The average Bonchev–Trinajstić information content (AvgIpc) is 3.23. The lowest BCUT2D eigenvalue weighted by atomic mass is 10.1. The average molecular weight is 359 g/mol. The first-order valence-electron chi connectivity index (χ1n) is 8.50. The molecular weight excluding hydrogens is 342 g/mol. The number of hydrogen-bond acceptors (Lipinski definition) is 4. The second-order valence-electron chi connectivity index (χ2n) is 6.20. The molecule has 0 unspecified atom stereocenters. The molecule has 0 fully saturated rings. The highest BCUT2D eigenvalue weighted by molar-refractivity contribution is 6.04. The lowest BCUT2D eigenvalue weighted by Gasteiger charge is -2.15. The zero-order chi connectivity index (χ0) is 18.8. The summed E-state index contributed by atoms with van der Waals surface area (Å²) < 4.78 is 1.91. The summed E-state index contributed by atoms with van der Waals surface area (Å²) in [5.74, 6) is -0.339. The van der Waals surface area contributed by atoms with Gasteiger partial charge in [-0.3, -0.25) is 9.59 Å². The van der Waals surface area contributed by atoms with Crippen LogP contribution in [0.1, 0.15) is 29.0 Å². The molecule has 7 heteroatoms. The molecular formula is C20H17N5O2. The number of amides is 1. The van der Waals surface area contributed by atoms with Crippen LogP contribution in [-0.2, 0) is 0 Å². The first kappa shape index (κ1) is 16.7. The van der Waals surface area contributed by atoms with Crippen molar-refractivity contribution in [1.29, 1.82) is 0 Å². The van der Waals surface area contributed by atoms with E-state index in [1.807, 2.05) is 42.0 Å². The normalized spacial score (nSPS) is 12.0. The largest absolute Gasteiger partial charge is 0.344 e. The van der Waals surface area contributed by atoms with E-state index in [9.17, 15) is 9.59 Å². The monoisotopic (exact) mass is 359 g/mol. The van der Waals surface area contributed by atoms with Crippen molar-refractivity contribution in [1.82, 2.24) is 25.1 Å². The minimum atomic E-state index is -0.339. The van der Waals surface area contributed by atoms with Gasteiger partial charge in [-0.05, 0) is 30.7 Å². The van der Waals surface area contributed by atoms with E-state index >= 15 is 0 Å². The predicted octanol–water partition coefficient (Wildman–Crippen LogP) is 2.60. The van der Waals surface area contributed by atoms with Gasteiger partial charge in [0.25, 0.3) is 11.5 Å². The first-order chi connectivity index (χ1) is 13.1. The molecule has 2 heterocycles. The number of fused-ring (bicyclic) bond motifs is 1. The fourth-order valence-electron chi connectivity index (χ4n) is 2.98. The molecule has 1 amide bonds. The Hall–Kier alpha value is -3.74. The number of H-pyrrole nitrogens is 1. The van der Waals surface area contributed by atoms with Gasteiger partial charge in [0.15, 0.2) is 5.69 Å². The van der Waals surface area contributed by atoms with Gasteiger partial charge in [0.05, 0.1) is 17.8 Å². The van der Waals surface area contributed by atoms with E-state index < -0.39 is 0 Å². The fraction of sp³-hybridized carbons (Fsp3) is 0.100. The standard InChI is InChI=1S/C20H17N5O2/c1-13(14-6-8-15(9-7-14)25-11-10-21-12-25)22-20(27)18-16-4-2-3-5-17(16)19(26)24-23-18/h2-13H,1H3,(H,22,27)(H,24,26)/t13-/m1/s1. The molecule has 0 spiro atoms. The van der Waals surface area contributed by atoms with Gasteiger partial charge in [0.2, 0.25) is 0 Å². The Morgan fingerprint density at radius 2 is 1.85 bits per heavy atom. The highest BCUT2D eigenvalue weighted by Crippen LogP contribution is 2.18. The number of hydrogen-bond donors (Lipinski definition) is 2. The van der Waals surface area contributed by atoms with E-state index in [1.54, 1.807) is 36.8 Å². The van der Waals surface area contributed by atoms with E-state index in [-0.39, 0.29) is 23.2 Å². The molecule has 0 saturated carbocycles. The Balaban J connectivity index is 1.56. The highest BCUT2D eigenvalue weighted by Gasteiger charge is 2.17. The number of aromatic nitrogens is 4. The summed E-state index contributed by atoms with van der Waals surface area (Å²) >= 11 is 0. The smallest absolute Gasteiger partial charge is 0.272 e. The quantitative estimate of drug-likeness (QED) is 0.586. The van der Waals surface area contributed by atoms with Crippen molar-refractivity contribution >= 4 is 16.7 Å². The zero-order valence-corrected chi connectivity index (χ0v) is 14.6. The molecule has 4 rings (SSSR count). The number of imidazole rings is 1. The highest BCUT2D eigenvalue weighted by atomic mass is 16.2. The molecule has 4 aromatic rings. The van der Waals surface area contributed by atoms with Crippen molar-refractivity contribution in [3.05, 3.63) is 88.9 Å². The van der Waals surface area contributed by atoms with Crippen LogP contribution in [0.25, 0.3) is 16.5 Å². The van der Waals surface area contributed by atoms with E-state index in [1.165, 1.54) is 0 Å². The SMILES string of the molecule is C[C@@H](NC(=O)c1n[nH]c(=O)c2ccccc12)c1ccc(-n2ccnc2)cc1. The third-order valence-corrected chi connectivity index (χ3v) is 4.45. The maximum atomic E-state index is 12.7. The van der Waals surface area contributed by atoms with Gasteiger partial charge in [-0.2, -0.15) is 5.10 Å². The third kappa shape index (κ3) is 3.22. The van der Waals surface area contributed by atoms with E-state index in [2.05, 4.69) is 20.5 Å². The molecule has 2 aromatic heterocycles. The van der Waals surface area contributed by atoms with Crippen molar-refractivity contribution in [3.63, 3.8) is 0 Å². The molecule has 0 bridgehead atoms. The van der Waals surface area contributed by atoms with E-state index in [0.717, 1.165) is 11.3 Å². The summed E-state index contributed by atoms with van der Waals surface area (Å²) in [4.78, 5) is 28.6. The molecule has 0 aliphatic heterocycles. The second-order valence-corrected chi connectivity index (χ2v) is 6.20. The van der Waals surface area contributed by atoms with E-state index in [0.29, 0.717) is 10.8 Å². The van der Waals surface area contributed by atoms with Crippen LogP contribution in [0.3, 0.4) is 0 Å². The van der Waals surface area contributed by atoms with Crippen LogP contribution >= 0.6 is 0 Å². The number of carbonyl (C=O) groups is 1. The molecule has 7 nitrogen and oxygen atoms in total. The number of benzene rings is 2. The Morgan fingerprint density at radius 1 is 1.11 bits per heavy atom. The van der Waals surface area contributed by atoms with Gasteiger partial charge >= 0.3 is 0 Å². The summed E-state index contributed by atoms with van der Waals surface area (Å²) in [6, 6.07) is 14.5. The molecule has 0 saturated heterocycles. The second kappa shape index (κ2) is 6.87. The topological polar surface area (TPSA) is 92.7 Å². The maximum Gasteiger partial charge on any atom is 0.272 e. The predicted molar refractivity (Wildman–Crippen MR) is 102 cm³/mol. The van der Waals surface area contributed by atoms with Gasteiger partial charge in [0.1, 0.15) is 0 Å². The molecule has 0 radical (unpaired) electrons. The fourth-order valence-corrected chi connectivity index (χ4v) is 2.98. The van der Waals surface area contributed by atoms with Crippen LogP contribution in [0.2, 0.25) is 0 Å². The molecule has 1 atom stereocenters. The maximum absolute atomic E-state index is 12.7. The number of nitrogens with zero attached hydrogens (tertiary/aromatic N) is 3. The van der Waals surface area contributed by atoms with Crippen LogP contribution in [0, 0.1) is 0 Å². The van der Waals surface area contributed by atoms with Crippen molar-refractivity contribution in [2.24, 2.45) is 0 Å². The van der Waals surface area contributed by atoms with Crippen molar-refractivity contribution < 1.29 is 4.79 Å². The molecule has 0 aliphatic rings. The minimum Gasteiger partial charge on any atom is -0.344 e. The van der Waals surface area contributed by atoms with Gasteiger partial charge in [-0.1, -0.05) is 30.3 Å². The molecule has 2 N–H and O–H groups in total. The van der Waals surface area contributed by atoms with E-state index in [4.69, 9.17) is 0 Å². The number of aromatic amines is 1. The van der Waals surface area contributed by atoms with Gasteiger partial charge in [-0.15, -0.1) is 0 Å². The first-order valence-corrected chi connectivity index (χ1v) is 8.50. The van der Waals surface area contributed by atoms with Gasteiger partial charge < -0.3 is 9.88 Å². The van der Waals surface area contributed by atoms with Crippen LogP contribution < -0.4 is 10.9 Å². The third-order valence-electron chi connectivity index (χ3n) is 4.45. The molecule has 134 valence electrons. The molecule has 0 aliphatic carbocycles. The summed E-state index contributed by atoms with van der Waals surface area (Å²) in [6.07, 6.45) is 5.32. The van der Waals surface area contributed by atoms with Crippen LogP contribution in [0.5, 0.6) is 0 Å². The zero-order valence-electron chi connectivity index (χ0n) is 14.6. The van der Waals surface area contributed by atoms with Crippen molar-refractivity contribution in [2.45, 2.75) is 13.0 Å². The minimum absolute atomic E-state index is 0.201. The van der Waals surface area contributed by atoms with Crippen LogP contribution in [-0.4, -0.2) is 25.7 Å². The Morgan fingerprint density at radius 3 is 2.56 bits per heavy atom. The summed E-state index contributed by atoms with van der Waals surface area (Å²) in [7, 11) is 0. The van der Waals surface area contributed by atoms with Gasteiger partial charge in [0, 0.05) is 23.5 Å². The molecule has 2 aromatic carbocycles. The van der Waals surface area contributed by atoms with Crippen molar-refractivity contribution in [3.8, 4) is 5.69 Å². The number of rotatable bonds is 4. The lowest BCUT2D eigenvalue weighted by molar-refractivity contribution is 0.0935. The summed E-state index contributed by atoms with van der Waals surface area (Å²) in [6.45, 7) is 1.90. The number of carbonyl (C=O) groups excluding carboxylic acids is 1. The Kier molecular flexibility index (Phi) is 4.25. The summed E-state index contributed by atoms with van der Waals surface area (Å²) in [5, 5.41) is 10.2. The van der Waals surface area contributed by atoms with Crippen molar-refractivity contribution in [2.75, 3.05) is 0 Å². The lowest BCUT2D eigenvalue weighted by Crippen LogP contribution is -2.29. The Labute approximate surface area is 154 Å². The number of nitrogens with one attached hydrogen (secondary N) is 2. The summed E-state index contributed by atoms with van der Waals surface area (Å²) in [5.41, 5.74) is 1.83. The van der Waals surface area contributed by atoms with Gasteiger partial charge in [-0.25, -0.2) is 10.1 Å². The van der Waals surface area contributed by atoms with Crippen LogP contribution in [0.15, 0.2) is 72.0 Å².